The highest BCUT2D eigenvalue weighted by molar-refractivity contribution is 7.17. The summed E-state index contributed by atoms with van der Waals surface area (Å²) >= 11 is 1.72. The average Bonchev–Trinajstić information content (AvgIpc) is 2.87. The van der Waals surface area contributed by atoms with Crippen molar-refractivity contribution >= 4 is 21.4 Å². The molecule has 4 heteroatoms. The smallest absolute Gasteiger partial charge is 0.115 e. The van der Waals surface area contributed by atoms with Crippen molar-refractivity contribution in [1.29, 1.82) is 0 Å². The summed E-state index contributed by atoms with van der Waals surface area (Å²) < 4.78 is 1.24. The van der Waals surface area contributed by atoms with E-state index >= 15 is 0 Å². The van der Waals surface area contributed by atoms with Gasteiger partial charge in [0, 0.05) is 22.7 Å². The minimum absolute atomic E-state index is 0.168. The molecule has 0 saturated carbocycles. The molecule has 0 spiro atoms. The maximum absolute atomic E-state index is 6.27. The zero-order chi connectivity index (χ0) is 11.7. The number of thiophene rings is 1. The third-order valence-corrected chi connectivity index (χ3v) is 3.76. The molecule has 1 unspecified atom stereocenters. The van der Waals surface area contributed by atoms with Crippen LogP contribution in [0.1, 0.15) is 17.2 Å². The van der Waals surface area contributed by atoms with Crippen LogP contribution in [0, 0.1) is 0 Å². The van der Waals surface area contributed by atoms with Crippen molar-refractivity contribution in [2.75, 3.05) is 0 Å². The lowest BCUT2D eigenvalue weighted by atomic mass is 10.0. The van der Waals surface area contributed by atoms with Gasteiger partial charge >= 0.3 is 0 Å². The van der Waals surface area contributed by atoms with E-state index in [0.29, 0.717) is 0 Å². The van der Waals surface area contributed by atoms with Gasteiger partial charge in [0.2, 0.25) is 0 Å². The lowest BCUT2D eigenvalue weighted by Crippen LogP contribution is -2.12. The van der Waals surface area contributed by atoms with E-state index in [1.54, 1.807) is 23.7 Å². The van der Waals surface area contributed by atoms with Gasteiger partial charge in [-0.3, -0.25) is 0 Å². The quantitative estimate of drug-likeness (QED) is 0.750. The molecule has 0 radical (unpaired) electrons. The van der Waals surface area contributed by atoms with Gasteiger partial charge < -0.3 is 5.73 Å². The van der Waals surface area contributed by atoms with Crippen LogP contribution < -0.4 is 5.73 Å². The normalized spacial score (nSPS) is 12.8. The molecule has 17 heavy (non-hydrogen) atoms. The Bertz CT molecular complexity index is 633. The van der Waals surface area contributed by atoms with Gasteiger partial charge in [-0.15, -0.1) is 11.3 Å². The molecule has 0 aliphatic carbocycles. The number of hydrogen-bond donors (Lipinski definition) is 1. The molecular formula is C13H11N3S. The Balaban J connectivity index is 2.13. The molecule has 0 aliphatic heterocycles. The van der Waals surface area contributed by atoms with Crippen LogP contribution in [0.5, 0.6) is 0 Å². The Morgan fingerprint density at radius 3 is 2.76 bits per heavy atom. The van der Waals surface area contributed by atoms with Crippen LogP contribution in [-0.4, -0.2) is 9.97 Å². The molecule has 3 rings (SSSR count). The third kappa shape index (κ3) is 1.81. The SMILES string of the molecule is NC(c1cncnc1)c1cccc2ccsc12. The second-order valence-electron chi connectivity index (χ2n) is 3.84. The van der Waals surface area contributed by atoms with Crippen LogP contribution >= 0.6 is 11.3 Å². The molecule has 1 aromatic carbocycles. The number of fused-ring (bicyclic) bond motifs is 1. The van der Waals surface area contributed by atoms with Crippen molar-refractivity contribution in [1.82, 2.24) is 9.97 Å². The van der Waals surface area contributed by atoms with Crippen molar-refractivity contribution < 1.29 is 0 Å². The highest BCUT2D eigenvalue weighted by Gasteiger charge is 2.13. The number of benzene rings is 1. The van der Waals surface area contributed by atoms with E-state index in [9.17, 15) is 0 Å². The van der Waals surface area contributed by atoms with Gasteiger partial charge in [0.15, 0.2) is 0 Å². The lowest BCUT2D eigenvalue weighted by molar-refractivity contribution is 0.860. The van der Waals surface area contributed by atoms with Crippen LogP contribution in [0.4, 0.5) is 0 Å². The van der Waals surface area contributed by atoms with E-state index < -0.39 is 0 Å². The number of hydrogen-bond acceptors (Lipinski definition) is 4. The minimum atomic E-state index is -0.168. The second kappa shape index (κ2) is 4.24. The van der Waals surface area contributed by atoms with Gasteiger partial charge in [-0.2, -0.15) is 0 Å². The summed E-state index contributed by atoms with van der Waals surface area (Å²) in [7, 11) is 0. The van der Waals surface area contributed by atoms with Crippen molar-refractivity contribution in [3.05, 3.63) is 59.5 Å². The van der Waals surface area contributed by atoms with Gasteiger partial charge in [0.05, 0.1) is 6.04 Å². The number of nitrogens with two attached hydrogens (primary N) is 1. The van der Waals surface area contributed by atoms with Gasteiger partial charge in [-0.25, -0.2) is 9.97 Å². The van der Waals surface area contributed by atoms with Gasteiger partial charge in [0.1, 0.15) is 6.33 Å². The Hall–Kier alpha value is -1.78. The minimum Gasteiger partial charge on any atom is -0.320 e. The first-order valence-corrected chi connectivity index (χ1v) is 6.21. The number of aromatic nitrogens is 2. The average molecular weight is 241 g/mol. The fourth-order valence-corrected chi connectivity index (χ4v) is 2.87. The van der Waals surface area contributed by atoms with Gasteiger partial charge in [0.25, 0.3) is 0 Å². The molecule has 0 amide bonds. The van der Waals surface area contributed by atoms with E-state index in [-0.39, 0.29) is 6.04 Å². The van der Waals surface area contributed by atoms with Crippen LogP contribution in [0.3, 0.4) is 0 Å². The van der Waals surface area contributed by atoms with Crippen molar-refractivity contribution in [2.45, 2.75) is 6.04 Å². The van der Waals surface area contributed by atoms with E-state index in [1.807, 2.05) is 6.07 Å². The third-order valence-electron chi connectivity index (χ3n) is 2.78. The number of rotatable bonds is 2. The zero-order valence-electron chi connectivity index (χ0n) is 9.08. The monoisotopic (exact) mass is 241 g/mol. The van der Waals surface area contributed by atoms with Crippen molar-refractivity contribution in [2.24, 2.45) is 5.73 Å². The predicted molar refractivity (Wildman–Crippen MR) is 69.9 cm³/mol. The fraction of sp³-hybridized carbons (Fsp3) is 0.0769. The molecule has 1 atom stereocenters. The Morgan fingerprint density at radius 2 is 1.94 bits per heavy atom. The summed E-state index contributed by atoms with van der Waals surface area (Å²) in [5, 5.41) is 3.32. The summed E-state index contributed by atoms with van der Waals surface area (Å²) in [6.45, 7) is 0. The van der Waals surface area contributed by atoms with Gasteiger partial charge in [-0.1, -0.05) is 18.2 Å². The first kappa shape index (κ1) is 10.4. The second-order valence-corrected chi connectivity index (χ2v) is 4.75. The number of nitrogens with zero attached hydrogens (tertiary/aromatic N) is 2. The molecule has 3 aromatic rings. The molecule has 2 N–H and O–H groups in total. The summed E-state index contributed by atoms with van der Waals surface area (Å²) in [5.74, 6) is 0. The zero-order valence-corrected chi connectivity index (χ0v) is 9.89. The van der Waals surface area contributed by atoms with Crippen LogP contribution in [0.15, 0.2) is 48.4 Å². The maximum atomic E-state index is 6.27. The first-order valence-electron chi connectivity index (χ1n) is 5.33. The first-order chi connectivity index (χ1) is 8.36. The topological polar surface area (TPSA) is 51.8 Å². The van der Waals surface area contributed by atoms with Crippen LogP contribution in [-0.2, 0) is 0 Å². The molecular weight excluding hydrogens is 230 g/mol. The largest absolute Gasteiger partial charge is 0.320 e. The van der Waals surface area contributed by atoms with Crippen molar-refractivity contribution in [3.63, 3.8) is 0 Å². The Morgan fingerprint density at radius 1 is 1.12 bits per heavy atom. The fourth-order valence-electron chi connectivity index (χ4n) is 1.91. The standard InChI is InChI=1S/C13H11N3S/c14-12(10-6-15-8-16-7-10)11-3-1-2-9-4-5-17-13(9)11/h1-8,12H,14H2. The molecule has 2 aromatic heterocycles. The molecule has 0 saturated heterocycles. The molecule has 0 aliphatic rings. The van der Waals surface area contributed by atoms with E-state index in [4.69, 9.17) is 5.73 Å². The van der Waals surface area contributed by atoms with E-state index in [1.165, 1.54) is 16.4 Å². The molecule has 84 valence electrons. The molecule has 0 fully saturated rings. The Kier molecular flexibility index (Phi) is 2.59. The van der Waals surface area contributed by atoms with E-state index in [2.05, 4.69) is 33.5 Å². The lowest BCUT2D eigenvalue weighted by Gasteiger charge is -2.12. The van der Waals surface area contributed by atoms with Crippen molar-refractivity contribution in [3.8, 4) is 0 Å². The van der Waals surface area contributed by atoms with Crippen LogP contribution in [0.2, 0.25) is 0 Å². The molecule has 3 nitrogen and oxygen atoms in total. The summed E-state index contributed by atoms with van der Waals surface area (Å²) in [5.41, 5.74) is 8.34. The predicted octanol–water partition coefficient (Wildman–Crippen LogP) is 2.74. The molecule has 0 bridgehead atoms. The van der Waals surface area contributed by atoms with E-state index in [0.717, 1.165) is 11.1 Å². The highest BCUT2D eigenvalue weighted by Crippen LogP contribution is 2.30. The van der Waals surface area contributed by atoms with Gasteiger partial charge in [-0.05, 0) is 22.4 Å². The highest BCUT2D eigenvalue weighted by atomic mass is 32.1. The summed E-state index contributed by atoms with van der Waals surface area (Å²) in [6.07, 6.45) is 5.05. The molecule has 2 heterocycles. The summed E-state index contributed by atoms with van der Waals surface area (Å²) in [6, 6.07) is 8.14. The van der Waals surface area contributed by atoms with Crippen LogP contribution in [0.25, 0.3) is 10.1 Å². The summed E-state index contributed by atoms with van der Waals surface area (Å²) in [4.78, 5) is 8.02. The maximum Gasteiger partial charge on any atom is 0.115 e. The Labute approximate surface area is 103 Å².